The van der Waals surface area contributed by atoms with Crippen LogP contribution in [0.15, 0.2) is 103 Å². The monoisotopic (exact) mass is 594 g/mol. The fourth-order valence-electron chi connectivity index (χ4n) is 5.21. The van der Waals surface area contributed by atoms with E-state index in [4.69, 9.17) is 0 Å². The van der Waals surface area contributed by atoms with Crippen molar-refractivity contribution in [1.29, 1.82) is 0 Å². The van der Waals surface area contributed by atoms with Crippen LogP contribution in [0.5, 0.6) is 0 Å². The van der Waals surface area contributed by atoms with E-state index in [9.17, 15) is 0 Å². The summed E-state index contributed by atoms with van der Waals surface area (Å²) in [6, 6.07) is 22.9. The number of hydrogen-bond donors (Lipinski definition) is 0. The maximum Gasteiger partial charge on any atom is -0.147 e. The molecule has 2 aromatic rings. The molecule has 0 fully saturated rings. The molecule has 0 aliphatic heterocycles. The van der Waals surface area contributed by atoms with Crippen LogP contribution >= 0.6 is 24.8 Å². The average molecular weight is 594 g/mol. The molecule has 2 aliphatic rings. The van der Waals surface area contributed by atoms with Crippen LogP contribution in [0, 0.1) is 0 Å². The second kappa shape index (κ2) is 8.83. The molecule has 0 heterocycles. The zero-order valence-electron chi connectivity index (χ0n) is 16.5. The normalized spacial score (nSPS) is 16.2. The number of allylic oxidation sites excluding steroid dienone is 8. The zero-order chi connectivity index (χ0) is 18.2. The van der Waals surface area contributed by atoms with Crippen molar-refractivity contribution >= 4 is 38.4 Å². The van der Waals surface area contributed by atoms with Gasteiger partial charge in [0.1, 0.15) is 0 Å². The first kappa shape index (κ1) is 23.3. The SMILES string of the molecule is CC1=[C]([Hf](=[SiH2])([C]2=C(C)C=CC2)([c]2ccccc2)[c]2ccccc2)CC=C1.Cl.Cl. The largest absolute Gasteiger partial charge is 0.147 e. The average Bonchev–Trinajstić information content (AvgIpc) is 3.32. The molecule has 4 heteroatoms. The summed E-state index contributed by atoms with van der Waals surface area (Å²) in [5, 5.41) is 0. The Kier molecular flexibility index (Phi) is 7.36. The van der Waals surface area contributed by atoms with Gasteiger partial charge >= 0.3 is 160 Å². The minimum absolute atomic E-state index is 0. The molecule has 0 bridgehead atoms. The smallest absolute Gasteiger partial charge is 0.147 e. The topological polar surface area (TPSA) is 0 Å². The van der Waals surface area contributed by atoms with Gasteiger partial charge in [-0.1, -0.05) is 0 Å². The van der Waals surface area contributed by atoms with Crippen molar-refractivity contribution < 1.29 is 17.1 Å². The molecule has 2 aromatic carbocycles. The second-order valence-electron chi connectivity index (χ2n) is 7.73. The molecule has 2 aliphatic carbocycles. The first-order valence-corrected chi connectivity index (χ1v) is 25.0. The van der Waals surface area contributed by atoms with Gasteiger partial charge in [-0.2, -0.15) is 0 Å². The van der Waals surface area contributed by atoms with Crippen LogP contribution in [0.25, 0.3) is 0 Å². The van der Waals surface area contributed by atoms with Gasteiger partial charge in [0.25, 0.3) is 0 Å². The minimum Gasteiger partial charge on any atom is -0.147 e. The van der Waals surface area contributed by atoms with Crippen molar-refractivity contribution in [3.8, 4) is 0 Å². The van der Waals surface area contributed by atoms with Crippen LogP contribution in [0.3, 0.4) is 0 Å². The van der Waals surface area contributed by atoms with Gasteiger partial charge in [0, 0.05) is 0 Å². The van der Waals surface area contributed by atoms with E-state index in [2.05, 4.69) is 106 Å². The molecule has 0 amide bonds. The first-order chi connectivity index (χ1) is 12.6. The molecule has 4 rings (SSSR count). The van der Waals surface area contributed by atoms with Crippen molar-refractivity contribution in [3.05, 3.63) is 103 Å². The molecule has 0 atom stereocenters. The Bertz CT molecular complexity index is 959. The van der Waals surface area contributed by atoms with Gasteiger partial charge in [-0.05, 0) is 0 Å². The summed E-state index contributed by atoms with van der Waals surface area (Å²) in [6.45, 7) is 7.04. The molecule has 0 unspecified atom stereocenters. The van der Waals surface area contributed by atoms with Crippen LogP contribution < -0.4 is 6.64 Å². The minimum atomic E-state index is -4.03. The summed E-state index contributed by atoms with van der Waals surface area (Å²) in [6.07, 6.45) is 11.7. The van der Waals surface area contributed by atoms with Crippen LogP contribution in [0.2, 0.25) is 0 Å². The number of rotatable bonds is 4. The Morgan fingerprint density at radius 3 is 1.29 bits per heavy atom. The van der Waals surface area contributed by atoms with Gasteiger partial charge in [-0.3, -0.25) is 0 Å². The quantitative estimate of drug-likeness (QED) is 0.429. The van der Waals surface area contributed by atoms with Gasteiger partial charge in [-0.15, -0.1) is 24.8 Å². The Morgan fingerprint density at radius 1 is 0.643 bits per heavy atom. The summed E-state index contributed by atoms with van der Waals surface area (Å²) < 4.78 is 6.64. The zero-order valence-corrected chi connectivity index (χ0v) is 23.2. The molecular weight excluding hydrogens is 566 g/mol. The van der Waals surface area contributed by atoms with E-state index in [-0.39, 0.29) is 24.8 Å². The third kappa shape index (κ3) is 3.23. The van der Waals surface area contributed by atoms with Gasteiger partial charge in [-0.25, -0.2) is 0 Å². The van der Waals surface area contributed by atoms with Crippen LogP contribution in [-0.2, 0) is 17.1 Å². The predicted molar refractivity (Wildman–Crippen MR) is 128 cm³/mol. The first-order valence-electron chi connectivity index (χ1n) is 9.44. The van der Waals surface area contributed by atoms with E-state index in [0.29, 0.717) is 0 Å². The second-order valence-corrected chi connectivity index (χ2v) is 38.3. The van der Waals surface area contributed by atoms with E-state index in [0.717, 1.165) is 12.8 Å². The summed E-state index contributed by atoms with van der Waals surface area (Å²) in [5.74, 6) is 0. The fourth-order valence-corrected chi connectivity index (χ4v) is 41.1. The molecule has 0 radical (unpaired) electrons. The summed E-state index contributed by atoms with van der Waals surface area (Å²) in [5.41, 5.74) is 2.99. The molecule has 0 saturated carbocycles. The molecule has 28 heavy (non-hydrogen) atoms. The summed E-state index contributed by atoms with van der Waals surface area (Å²) in [4.78, 5) is 0. The summed E-state index contributed by atoms with van der Waals surface area (Å²) >= 11 is -4.03. The van der Waals surface area contributed by atoms with Crippen molar-refractivity contribution in [2.45, 2.75) is 26.7 Å². The third-order valence-corrected chi connectivity index (χ3v) is 45.6. The molecule has 0 aromatic heterocycles. The van der Waals surface area contributed by atoms with Gasteiger partial charge in [0.2, 0.25) is 0 Å². The Morgan fingerprint density at radius 2 is 1.00 bits per heavy atom. The number of benzene rings is 2. The maximum atomic E-state index is 2.41. The van der Waals surface area contributed by atoms with E-state index >= 15 is 0 Å². The third-order valence-electron chi connectivity index (χ3n) is 6.49. The molecule has 0 spiro atoms. The van der Waals surface area contributed by atoms with Crippen molar-refractivity contribution in [3.63, 3.8) is 0 Å². The van der Waals surface area contributed by atoms with E-state index in [1.54, 1.807) is 13.3 Å². The molecular formula is C24H28Cl2HfSi. The van der Waals surface area contributed by atoms with Crippen molar-refractivity contribution in [2.24, 2.45) is 0 Å². The Hall–Kier alpha value is -0.933. The van der Waals surface area contributed by atoms with Crippen molar-refractivity contribution in [2.75, 3.05) is 0 Å². The standard InChI is InChI=1S/2C6H7.2C6H5.2ClH.Hf.H2Si/c2*1-6-4-2-3-5-6;2*1-2-4-6-5-3-1;;;;/h2*2,4H,3H2,1H3;2*1-5H;2*1H;;1H2. The van der Waals surface area contributed by atoms with Gasteiger partial charge in [0.05, 0.1) is 0 Å². The fraction of sp³-hybridized carbons (Fsp3) is 0.167. The van der Waals surface area contributed by atoms with Crippen molar-refractivity contribution in [1.82, 2.24) is 0 Å². The van der Waals surface area contributed by atoms with E-state index in [1.165, 1.54) is 11.1 Å². The molecule has 146 valence electrons. The van der Waals surface area contributed by atoms with Crippen LogP contribution in [0.4, 0.5) is 0 Å². The van der Waals surface area contributed by atoms with E-state index in [1.807, 2.05) is 0 Å². The maximum absolute atomic E-state index is 4.03. The number of hydrogen-bond acceptors (Lipinski definition) is 0. The van der Waals surface area contributed by atoms with Gasteiger partial charge in [0.15, 0.2) is 0 Å². The number of halogens is 2. The Balaban J connectivity index is 0.00000140. The molecule has 0 nitrogen and oxygen atoms in total. The predicted octanol–water partition coefficient (Wildman–Crippen LogP) is 5.19. The Labute approximate surface area is 183 Å². The summed E-state index contributed by atoms with van der Waals surface area (Å²) in [7, 11) is 0. The van der Waals surface area contributed by atoms with E-state index < -0.39 is 17.1 Å². The molecule has 0 saturated heterocycles. The van der Waals surface area contributed by atoms with Crippen LogP contribution in [0.1, 0.15) is 26.7 Å². The van der Waals surface area contributed by atoms with Crippen LogP contribution in [-0.4, -0.2) is 6.94 Å². The molecule has 0 N–H and O–H groups in total. The van der Waals surface area contributed by atoms with Gasteiger partial charge < -0.3 is 0 Å².